The normalized spacial score (nSPS) is 14.1. The number of rotatable bonds is 2. The van der Waals surface area contributed by atoms with E-state index >= 15 is 0 Å². The van der Waals surface area contributed by atoms with Gasteiger partial charge in [-0.3, -0.25) is 0 Å². The van der Waals surface area contributed by atoms with E-state index in [0.29, 0.717) is 12.4 Å². The van der Waals surface area contributed by atoms with Crippen molar-refractivity contribution in [2.75, 3.05) is 6.61 Å². The Labute approximate surface area is 88.6 Å². The lowest BCUT2D eigenvalue weighted by molar-refractivity contribution is 0.348. The third-order valence-corrected chi connectivity index (χ3v) is 2.48. The molecule has 2 rings (SSSR count). The average molecular weight is 206 g/mol. The highest BCUT2D eigenvalue weighted by Crippen LogP contribution is 2.41. The summed E-state index contributed by atoms with van der Waals surface area (Å²) in [5, 5.41) is 19.1. The molecule has 15 heavy (non-hydrogen) atoms. The van der Waals surface area contributed by atoms with Gasteiger partial charge in [0.1, 0.15) is 23.9 Å². The maximum Gasteiger partial charge on any atom is 0.134 e. The van der Waals surface area contributed by atoms with E-state index in [9.17, 15) is 10.2 Å². The average Bonchev–Trinajstić information content (AvgIpc) is 2.17. The first-order valence-corrected chi connectivity index (χ1v) is 5.10. The van der Waals surface area contributed by atoms with Crippen molar-refractivity contribution in [2.45, 2.75) is 19.8 Å². The number of hydrogen-bond donors (Lipinski definition) is 2. The van der Waals surface area contributed by atoms with Crippen molar-refractivity contribution in [3.05, 3.63) is 23.8 Å². The smallest absolute Gasteiger partial charge is 0.134 e. The SMILES string of the molecule is CCCC1=CCOc2cc(O)cc(O)c21. The summed E-state index contributed by atoms with van der Waals surface area (Å²) in [6, 6.07) is 2.88. The molecule has 0 saturated carbocycles. The standard InChI is InChI=1S/C12H14O3/c1-2-3-8-4-5-15-11-7-9(13)6-10(14)12(8)11/h4,6-7,13-14H,2-3,5H2,1H3. The Bertz CT molecular complexity index is 408. The third-order valence-electron chi connectivity index (χ3n) is 2.48. The molecule has 3 nitrogen and oxygen atoms in total. The quantitative estimate of drug-likeness (QED) is 0.782. The van der Waals surface area contributed by atoms with Gasteiger partial charge in [-0.15, -0.1) is 0 Å². The number of phenolic OH excluding ortho intramolecular Hbond substituents is 2. The molecular formula is C12H14O3. The molecule has 1 heterocycles. The van der Waals surface area contributed by atoms with Gasteiger partial charge in [-0.25, -0.2) is 0 Å². The van der Waals surface area contributed by atoms with Gasteiger partial charge >= 0.3 is 0 Å². The summed E-state index contributed by atoms with van der Waals surface area (Å²) in [4.78, 5) is 0. The highest BCUT2D eigenvalue weighted by Gasteiger charge is 2.18. The third kappa shape index (κ3) is 1.77. The molecule has 1 aromatic carbocycles. The van der Waals surface area contributed by atoms with Gasteiger partial charge in [0.05, 0.1) is 5.56 Å². The van der Waals surface area contributed by atoms with E-state index < -0.39 is 0 Å². The number of ether oxygens (including phenoxy) is 1. The molecular weight excluding hydrogens is 192 g/mol. The maximum absolute atomic E-state index is 9.75. The zero-order valence-electron chi connectivity index (χ0n) is 8.66. The number of phenols is 2. The van der Waals surface area contributed by atoms with Crippen LogP contribution >= 0.6 is 0 Å². The minimum atomic E-state index is 0.0315. The molecule has 0 unspecified atom stereocenters. The van der Waals surface area contributed by atoms with Crippen molar-refractivity contribution in [2.24, 2.45) is 0 Å². The van der Waals surface area contributed by atoms with Crippen LogP contribution in [0.4, 0.5) is 0 Å². The zero-order valence-corrected chi connectivity index (χ0v) is 8.66. The minimum Gasteiger partial charge on any atom is -0.508 e. The van der Waals surface area contributed by atoms with Gasteiger partial charge in [-0.1, -0.05) is 13.3 Å². The Kier molecular flexibility index (Phi) is 2.54. The van der Waals surface area contributed by atoms with E-state index in [4.69, 9.17) is 4.74 Å². The molecule has 0 aliphatic carbocycles. The molecule has 0 radical (unpaired) electrons. The highest BCUT2D eigenvalue weighted by atomic mass is 16.5. The Hall–Kier alpha value is -1.64. The van der Waals surface area contributed by atoms with Crippen LogP contribution in [0.2, 0.25) is 0 Å². The van der Waals surface area contributed by atoms with Crippen LogP contribution in [-0.4, -0.2) is 16.8 Å². The van der Waals surface area contributed by atoms with Crippen LogP contribution in [0.15, 0.2) is 18.2 Å². The van der Waals surface area contributed by atoms with Gasteiger partial charge in [0.2, 0.25) is 0 Å². The summed E-state index contributed by atoms with van der Waals surface area (Å²) >= 11 is 0. The second kappa shape index (κ2) is 3.85. The van der Waals surface area contributed by atoms with Gasteiger partial charge in [-0.2, -0.15) is 0 Å². The molecule has 0 spiro atoms. The molecule has 2 N–H and O–H groups in total. The summed E-state index contributed by atoms with van der Waals surface area (Å²) in [5.74, 6) is 0.687. The van der Waals surface area contributed by atoms with Crippen molar-refractivity contribution in [3.8, 4) is 17.2 Å². The van der Waals surface area contributed by atoms with E-state index in [1.165, 1.54) is 12.1 Å². The predicted octanol–water partition coefficient (Wildman–Crippen LogP) is 2.67. The number of benzene rings is 1. The number of hydrogen-bond acceptors (Lipinski definition) is 3. The number of allylic oxidation sites excluding steroid dienone is 1. The van der Waals surface area contributed by atoms with Crippen molar-refractivity contribution >= 4 is 5.57 Å². The van der Waals surface area contributed by atoms with E-state index in [0.717, 1.165) is 24.0 Å². The lowest BCUT2D eigenvalue weighted by Crippen LogP contribution is -2.04. The van der Waals surface area contributed by atoms with Crippen LogP contribution < -0.4 is 4.74 Å². The summed E-state index contributed by atoms with van der Waals surface area (Å²) < 4.78 is 5.37. The topological polar surface area (TPSA) is 49.7 Å². The van der Waals surface area contributed by atoms with Crippen LogP contribution in [0.25, 0.3) is 5.57 Å². The first-order valence-electron chi connectivity index (χ1n) is 5.10. The molecule has 1 aliphatic heterocycles. The second-order valence-corrected chi connectivity index (χ2v) is 3.63. The van der Waals surface area contributed by atoms with Gasteiger partial charge in [-0.05, 0) is 18.1 Å². The molecule has 0 saturated heterocycles. The lowest BCUT2D eigenvalue weighted by atomic mass is 9.97. The molecule has 80 valence electrons. The molecule has 0 aromatic heterocycles. The Morgan fingerprint density at radius 3 is 2.87 bits per heavy atom. The first kappa shape index (κ1) is 9.90. The largest absolute Gasteiger partial charge is 0.508 e. The molecule has 0 amide bonds. The maximum atomic E-state index is 9.75. The van der Waals surface area contributed by atoms with Crippen LogP contribution in [0, 0.1) is 0 Å². The monoisotopic (exact) mass is 206 g/mol. The van der Waals surface area contributed by atoms with Crippen molar-refractivity contribution in [1.29, 1.82) is 0 Å². The van der Waals surface area contributed by atoms with Crippen molar-refractivity contribution < 1.29 is 14.9 Å². The number of aromatic hydroxyl groups is 2. The van der Waals surface area contributed by atoms with E-state index in [1.807, 2.05) is 6.08 Å². The van der Waals surface area contributed by atoms with Crippen LogP contribution in [0.5, 0.6) is 17.2 Å². The van der Waals surface area contributed by atoms with Crippen molar-refractivity contribution in [1.82, 2.24) is 0 Å². The summed E-state index contributed by atoms with van der Waals surface area (Å²) in [7, 11) is 0. The van der Waals surface area contributed by atoms with Crippen molar-refractivity contribution in [3.63, 3.8) is 0 Å². The summed E-state index contributed by atoms with van der Waals surface area (Å²) in [6.07, 6.45) is 3.91. The minimum absolute atomic E-state index is 0.0315. The highest BCUT2D eigenvalue weighted by molar-refractivity contribution is 5.77. The van der Waals surface area contributed by atoms with Gasteiger partial charge in [0.25, 0.3) is 0 Å². The van der Waals surface area contributed by atoms with E-state index in [2.05, 4.69) is 6.92 Å². The summed E-state index contributed by atoms with van der Waals surface area (Å²) in [6.45, 7) is 2.60. The Morgan fingerprint density at radius 2 is 2.13 bits per heavy atom. The first-order chi connectivity index (χ1) is 7.22. The second-order valence-electron chi connectivity index (χ2n) is 3.63. The fraction of sp³-hybridized carbons (Fsp3) is 0.333. The zero-order chi connectivity index (χ0) is 10.8. The fourth-order valence-electron chi connectivity index (χ4n) is 1.85. The molecule has 0 fully saturated rings. The molecule has 0 bridgehead atoms. The molecule has 1 aliphatic rings. The Morgan fingerprint density at radius 1 is 1.33 bits per heavy atom. The van der Waals surface area contributed by atoms with Crippen LogP contribution in [0.1, 0.15) is 25.3 Å². The molecule has 3 heteroatoms. The van der Waals surface area contributed by atoms with Crippen LogP contribution in [-0.2, 0) is 0 Å². The van der Waals surface area contributed by atoms with E-state index in [-0.39, 0.29) is 11.5 Å². The predicted molar refractivity (Wildman–Crippen MR) is 58.2 cm³/mol. The van der Waals surface area contributed by atoms with E-state index in [1.54, 1.807) is 0 Å². The van der Waals surface area contributed by atoms with Gasteiger partial charge < -0.3 is 14.9 Å². The molecule has 0 atom stereocenters. The number of fused-ring (bicyclic) bond motifs is 1. The summed E-state index contributed by atoms with van der Waals surface area (Å²) in [5.41, 5.74) is 1.82. The van der Waals surface area contributed by atoms with Crippen LogP contribution in [0.3, 0.4) is 0 Å². The van der Waals surface area contributed by atoms with Gasteiger partial charge in [0, 0.05) is 12.1 Å². The lowest BCUT2D eigenvalue weighted by Gasteiger charge is -2.19. The fourth-order valence-corrected chi connectivity index (χ4v) is 1.85. The molecule has 1 aromatic rings. The Balaban J connectivity index is 2.49. The van der Waals surface area contributed by atoms with Gasteiger partial charge in [0.15, 0.2) is 0 Å².